The first kappa shape index (κ1) is 35.5. The lowest BCUT2D eigenvalue weighted by Crippen LogP contribution is -2.68. The van der Waals surface area contributed by atoms with Crippen LogP contribution < -0.4 is 20.7 Å². The van der Waals surface area contributed by atoms with E-state index in [0.29, 0.717) is 12.6 Å². The van der Waals surface area contributed by atoms with E-state index in [0.717, 1.165) is 31.6 Å². The van der Waals surface area contributed by atoms with Gasteiger partial charge in [0.25, 0.3) is 8.32 Å². The maximum Gasteiger partial charge on any atom is 0.498 e. The standard InChI is InChI=1S/C37H53BN4O3Si2/c1-35(2,3)47(32-18-13-11-14-19-32,33-20-15-12-16-21-33)43-29-31-28-42(24-23-41(31)22-17-25-46(8,9)10)34-39-26-30(27-40-34)38-44-36(4,5)37(6,7)45-38/h11-16,18-21,26-27,31H,22-24,28-29H2,1-10H3. The van der Waals surface area contributed by atoms with E-state index in [4.69, 9.17) is 23.7 Å². The minimum absolute atomic E-state index is 0.0982. The van der Waals surface area contributed by atoms with Crippen molar-refractivity contribution in [2.24, 2.45) is 0 Å². The molecule has 2 aliphatic rings. The molecular formula is C37H53BN4O3Si2. The number of nitrogens with zero attached hydrogens (tertiary/aromatic N) is 4. The molecule has 1 aromatic heterocycles. The molecule has 47 heavy (non-hydrogen) atoms. The minimum atomic E-state index is -2.71. The van der Waals surface area contributed by atoms with Gasteiger partial charge in [0.2, 0.25) is 5.95 Å². The Bertz CT molecular complexity index is 1490. The first-order valence-corrected chi connectivity index (χ1v) is 22.3. The van der Waals surface area contributed by atoms with Crippen LogP contribution in [0.15, 0.2) is 73.1 Å². The van der Waals surface area contributed by atoms with E-state index in [-0.39, 0.29) is 11.1 Å². The monoisotopic (exact) mass is 668 g/mol. The van der Waals surface area contributed by atoms with Crippen molar-refractivity contribution in [2.75, 3.05) is 37.7 Å². The molecule has 10 heteroatoms. The van der Waals surface area contributed by atoms with Gasteiger partial charge in [-0.3, -0.25) is 4.90 Å². The molecule has 0 bridgehead atoms. The summed E-state index contributed by atoms with van der Waals surface area (Å²) in [6, 6.07) is 21.9. The van der Waals surface area contributed by atoms with E-state index in [1.165, 1.54) is 10.4 Å². The number of aromatic nitrogens is 2. The smallest absolute Gasteiger partial charge is 0.406 e. The van der Waals surface area contributed by atoms with Crippen molar-refractivity contribution in [3.63, 3.8) is 0 Å². The number of rotatable bonds is 8. The highest BCUT2D eigenvalue weighted by Gasteiger charge is 2.52. The lowest BCUT2D eigenvalue weighted by Gasteiger charge is -2.46. The second-order valence-corrected chi connectivity index (χ2v) is 25.1. The maximum absolute atomic E-state index is 7.45. The predicted molar refractivity (Wildman–Crippen MR) is 200 cm³/mol. The molecule has 0 radical (unpaired) electrons. The summed E-state index contributed by atoms with van der Waals surface area (Å²) in [7, 11) is -4.68. The molecule has 1 atom stereocenters. The normalized spacial score (nSPS) is 20.2. The number of hydrogen-bond donors (Lipinski definition) is 0. The quantitative estimate of drug-likeness (QED) is 0.254. The predicted octanol–water partition coefficient (Wildman–Crippen LogP) is 4.72. The highest BCUT2D eigenvalue weighted by atomic mass is 28.4. The van der Waals surface area contributed by atoms with Crippen LogP contribution in [0.25, 0.3) is 0 Å². The van der Waals surface area contributed by atoms with E-state index in [1.807, 2.05) is 12.4 Å². The summed E-state index contributed by atoms with van der Waals surface area (Å²) in [5.41, 5.74) is 3.58. The van der Waals surface area contributed by atoms with Crippen molar-refractivity contribution in [1.82, 2.24) is 14.9 Å². The highest BCUT2D eigenvalue weighted by molar-refractivity contribution is 6.99. The van der Waals surface area contributed by atoms with Crippen LogP contribution in [0.2, 0.25) is 24.7 Å². The average molecular weight is 669 g/mol. The molecule has 7 nitrogen and oxygen atoms in total. The molecule has 2 fully saturated rings. The Morgan fingerprint density at radius 2 is 1.40 bits per heavy atom. The molecule has 0 aliphatic carbocycles. The fourth-order valence-electron chi connectivity index (χ4n) is 6.43. The minimum Gasteiger partial charge on any atom is -0.406 e. The summed E-state index contributed by atoms with van der Waals surface area (Å²) in [5, 5.41) is 2.48. The van der Waals surface area contributed by atoms with Gasteiger partial charge in [0.1, 0.15) is 8.07 Å². The molecule has 5 rings (SSSR count). The second-order valence-electron chi connectivity index (χ2n) is 16.0. The third-order valence-electron chi connectivity index (χ3n) is 9.73. The first-order chi connectivity index (χ1) is 22.0. The van der Waals surface area contributed by atoms with Crippen LogP contribution in [-0.2, 0) is 13.7 Å². The molecule has 2 aliphatic heterocycles. The van der Waals surface area contributed by atoms with Crippen molar-refractivity contribution in [2.45, 2.75) is 90.4 Å². The van der Waals surface area contributed by atoms with E-state index in [2.05, 4.69) is 150 Å². The van der Waals surface area contributed by atoms with Crippen molar-refractivity contribution >= 4 is 45.3 Å². The molecule has 0 spiro atoms. The fraction of sp³-hybridized carbons (Fsp3) is 0.514. The Labute approximate surface area is 285 Å². The van der Waals surface area contributed by atoms with Crippen LogP contribution in [0.4, 0.5) is 5.95 Å². The Morgan fingerprint density at radius 3 is 1.89 bits per heavy atom. The van der Waals surface area contributed by atoms with Crippen molar-refractivity contribution < 1.29 is 13.7 Å². The van der Waals surface area contributed by atoms with E-state index in [9.17, 15) is 0 Å². The number of piperazine rings is 1. The largest absolute Gasteiger partial charge is 0.498 e. The molecule has 3 aromatic rings. The van der Waals surface area contributed by atoms with Gasteiger partial charge in [0, 0.05) is 37.5 Å². The zero-order valence-electron chi connectivity index (χ0n) is 30.1. The zero-order valence-corrected chi connectivity index (χ0v) is 32.1. The molecular weight excluding hydrogens is 615 g/mol. The summed E-state index contributed by atoms with van der Waals surface area (Å²) in [6.07, 6.45) is 3.70. The molecule has 2 saturated heterocycles. The van der Waals surface area contributed by atoms with Gasteiger partial charge in [-0.15, -0.1) is 5.54 Å². The van der Waals surface area contributed by atoms with Gasteiger partial charge < -0.3 is 18.6 Å². The summed E-state index contributed by atoms with van der Waals surface area (Å²) >= 11 is 0. The van der Waals surface area contributed by atoms with E-state index in [1.54, 1.807) is 0 Å². The third kappa shape index (κ3) is 7.77. The summed E-state index contributed by atoms with van der Waals surface area (Å²) in [4.78, 5) is 14.4. The van der Waals surface area contributed by atoms with Crippen LogP contribution in [0, 0.1) is 11.5 Å². The van der Waals surface area contributed by atoms with E-state index < -0.39 is 34.7 Å². The van der Waals surface area contributed by atoms with Gasteiger partial charge in [-0.2, -0.15) is 0 Å². The Morgan fingerprint density at radius 1 is 0.872 bits per heavy atom. The van der Waals surface area contributed by atoms with Gasteiger partial charge >= 0.3 is 7.12 Å². The van der Waals surface area contributed by atoms with Crippen LogP contribution in [0.3, 0.4) is 0 Å². The molecule has 2 aromatic carbocycles. The number of benzene rings is 2. The Balaban J connectivity index is 1.42. The van der Waals surface area contributed by atoms with Crippen molar-refractivity contribution in [3.8, 4) is 11.5 Å². The zero-order chi connectivity index (χ0) is 34.1. The van der Waals surface area contributed by atoms with Crippen molar-refractivity contribution in [3.05, 3.63) is 73.1 Å². The summed E-state index contributed by atoms with van der Waals surface area (Å²) in [6.45, 7) is 25.9. The van der Waals surface area contributed by atoms with Crippen molar-refractivity contribution in [1.29, 1.82) is 0 Å². The topological polar surface area (TPSA) is 60.0 Å². The molecule has 3 heterocycles. The summed E-state index contributed by atoms with van der Waals surface area (Å²) in [5.74, 6) is 4.25. The Kier molecular flexibility index (Phi) is 10.3. The lowest BCUT2D eigenvalue weighted by atomic mass is 9.81. The van der Waals surface area contributed by atoms with Crippen LogP contribution in [0.1, 0.15) is 48.5 Å². The highest BCUT2D eigenvalue weighted by Crippen LogP contribution is 2.38. The molecule has 0 saturated carbocycles. The molecule has 0 amide bonds. The molecule has 250 valence electrons. The van der Waals surface area contributed by atoms with E-state index >= 15 is 0 Å². The summed E-state index contributed by atoms with van der Waals surface area (Å²) < 4.78 is 19.9. The fourth-order valence-corrected chi connectivity index (χ4v) is 11.6. The molecule has 0 N–H and O–H groups in total. The van der Waals surface area contributed by atoms with Crippen LogP contribution in [0.5, 0.6) is 0 Å². The average Bonchev–Trinajstić information content (AvgIpc) is 3.24. The maximum atomic E-state index is 7.45. The van der Waals surface area contributed by atoms with Gasteiger partial charge in [-0.05, 0) is 43.1 Å². The Hall–Kier alpha value is -2.78. The van der Waals surface area contributed by atoms with Gasteiger partial charge in [-0.1, -0.05) is 107 Å². The van der Waals surface area contributed by atoms with Crippen LogP contribution >= 0.6 is 0 Å². The van der Waals surface area contributed by atoms with Gasteiger partial charge in [0.15, 0.2) is 0 Å². The molecule has 1 unspecified atom stereocenters. The lowest BCUT2D eigenvalue weighted by molar-refractivity contribution is 0.00578. The number of hydrogen-bond acceptors (Lipinski definition) is 7. The SMILES string of the molecule is CC1(C)OB(c2cnc(N3CCN(CC#C[Si](C)(C)C)C(CO[Si](c4ccccc4)(c4ccccc4)C(C)(C)C)C3)nc2)OC1(C)C. The first-order valence-electron chi connectivity index (χ1n) is 16.9. The van der Waals surface area contributed by atoms with Gasteiger partial charge in [0.05, 0.1) is 30.4 Å². The van der Waals surface area contributed by atoms with Crippen LogP contribution in [-0.4, -0.2) is 88.4 Å². The van der Waals surface area contributed by atoms with Gasteiger partial charge in [-0.25, -0.2) is 9.97 Å². The number of anilines is 1. The second kappa shape index (κ2) is 13.6. The third-order valence-corrected chi connectivity index (χ3v) is 15.7.